The van der Waals surface area contributed by atoms with Crippen molar-refractivity contribution in [1.82, 2.24) is 10.2 Å². The summed E-state index contributed by atoms with van der Waals surface area (Å²) in [5, 5.41) is 19.9. The SMILES string of the molecule is CCS(=O)(=O)c1ccc(-c2cccc(NC(=O)C3CCCCC3C(=O)O)c2)nn1. The molecule has 1 saturated carbocycles. The van der Waals surface area contributed by atoms with Crippen molar-refractivity contribution in [3.05, 3.63) is 36.4 Å². The number of hydrogen-bond acceptors (Lipinski definition) is 6. The van der Waals surface area contributed by atoms with Gasteiger partial charge in [0.15, 0.2) is 14.9 Å². The van der Waals surface area contributed by atoms with Crippen molar-refractivity contribution < 1.29 is 23.1 Å². The van der Waals surface area contributed by atoms with Gasteiger partial charge in [-0.3, -0.25) is 9.59 Å². The van der Waals surface area contributed by atoms with Crippen LogP contribution in [-0.4, -0.2) is 41.4 Å². The Morgan fingerprint density at radius 3 is 2.45 bits per heavy atom. The fraction of sp³-hybridized carbons (Fsp3) is 0.400. The number of nitrogens with zero attached hydrogens (tertiary/aromatic N) is 2. The van der Waals surface area contributed by atoms with E-state index in [4.69, 9.17) is 0 Å². The van der Waals surface area contributed by atoms with Gasteiger partial charge < -0.3 is 10.4 Å². The first-order valence-electron chi connectivity index (χ1n) is 9.52. The highest BCUT2D eigenvalue weighted by molar-refractivity contribution is 7.91. The molecular formula is C20H23N3O5S. The van der Waals surface area contributed by atoms with Gasteiger partial charge in [0.05, 0.1) is 23.3 Å². The summed E-state index contributed by atoms with van der Waals surface area (Å²) in [5.74, 6) is -2.50. The van der Waals surface area contributed by atoms with E-state index < -0.39 is 27.6 Å². The average Bonchev–Trinajstić information content (AvgIpc) is 2.74. The molecule has 3 rings (SSSR count). The number of anilines is 1. The molecule has 2 unspecified atom stereocenters. The molecule has 29 heavy (non-hydrogen) atoms. The molecule has 1 fully saturated rings. The second kappa shape index (κ2) is 8.69. The number of sulfone groups is 1. The highest BCUT2D eigenvalue weighted by atomic mass is 32.2. The van der Waals surface area contributed by atoms with Gasteiger partial charge in [-0.25, -0.2) is 8.42 Å². The highest BCUT2D eigenvalue weighted by Gasteiger charge is 2.35. The minimum atomic E-state index is -3.42. The predicted octanol–water partition coefficient (Wildman–Crippen LogP) is 2.77. The predicted molar refractivity (Wildman–Crippen MR) is 107 cm³/mol. The van der Waals surface area contributed by atoms with Crippen LogP contribution in [0.4, 0.5) is 5.69 Å². The molecule has 0 saturated heterocycles. The highest BCUT2D eigenvalue weighted by Crippen LogP contribution is 2.31. The maximum atomic E-state index is 12.6. The number of carboxylic acids is 1. The summed E-state index contributed by atoms with van der Waals surface area (Å²) >= 11 is 0. The molecule has 154 valence electrons. The number of hydrogen-bond donors (Lipinski definition) is 2. The number of aliphatic carboxylic acids is 1. The van der Waals surface area contributed by atoms with Gasteiger partial charge in [-0.1, -0.05) is 31.9 Å². The van der Waals surface area contributed by atoms with Crippen molar-refractivity contribution in [3.63, 3.8) is 0 Å². The first-order chi connectivity index (χ1) is 13.8. The molecule has 0 bridgehead atoms. The normalized spacial score (nSPS) is 19.5. The average molecular weight is 417 g/mol. The lowest BCUT2D eigenvalue weighted by Crippen LogP contribution is -2.36. The number of carbonyl (C=O) groups excluding carboxylic acids is 1. The molecule has 1 amide bonds. The van der Waals surface area contributed by atoms with Crippen molar-refractivity contribution in [2.75, 3.05) is 11.1 Å². The number of carboxylic acid groups (broad SMARTS) is 1. The lowest BCUT2D eigenvalue weighted by molar-refractivity contribution is -0.147. The molecule has 0 radical (unpaired) electrons. The third kappa shape index (κ3) is 4.79. The van der Waals surface area contributed by atoms with Crippen LogP contribution in [0.25, 0.3) is 11.3 Å². The zero-order chi connectivity index (χ0) is 21.0. The van der Waals surface area contributed by atoms with Crippen LogP contribution in [0, 0.1) is 11.8 Å². The Morgan fingerprint density at radius 2 is 1.83 bits per heavy atom. The van der Waals surface area contributed by atoms with Gasteiger partial charge in [0.1, 0.15) is 0 Å². The van der Waals surface area contributed by atoms with Crippen LogP contribution >= 0.6 is 0 Å². The summed E-state index contributed by atoms with van der Waals surface area (Å²) in [4.78, 5) is 24.1. The molecule has 1 aliphatic carbocycles. The van der Waals surface area contributed by atoms with E-state index in [1.807, 2.05) is 0 Å². The van der Waals surface area contributed by atoms with Gasteiger partial charge in [0.25, 0.3) is 0 Å². The van der Waals surface area contributed by atoms with Gasteiger partial charge in [-0.05, 0) is 37.1 Å². The molecule has 1 aromatic heterocycles. The number of carbonyl (C=O) groups is 2. The Hall–Kier alpha value is -2.81. The van der Waals surface area contributed by atoms with E-state index in [0.29, 0.717) is 29.8 Å². The summed E-state index contributed by atoms with van der Waals surface area (Å²) in [5.41, 5.74) is 1.65. The van der Waals surface area contributed by atoms with Gasteiger partial charge in [-0.2, -0.15) is 0 Å². The smallest absolute Gasteiger partial charge is 0.307 e. The maximum absolute atomic E-state index is 12.6. The molecule has 2 aromatic rings. The first-order valence-corrected chi connectivity index (χ1v) is 11.2. The van der Waals surface area contributed by atoms with Crippen LogP contribution in [0.5, 0.6) is 0 Å². The van der Waals surface area contributed by atoms with Gasteiger partial charge in [0.2, 0.25) is 5.91 Å². The van der Waals surface area contributed by atoms with E-state index in [2.05, 4.69) is 15.5 Å². The van der Waals surface area contributed by atoms with E-state index in [1.165, 1.54) is 13.0 Å². The summed E-state index contributed by atoms with van der Waals surface area (Å²) < 4.78 is 23.7. The standard InChI is InChI=1S/C20H23N3O5S/c1-2-29(27,28)18-11-10-17(22-23-18)13-6-5-7-14(12-13)21-19(24)15-8-3-4-9-16(15)20(25)26/h5-7,10-12,15-16H,2-4,8-9H2,1H3,(H,21,24)(H,25,26). The fourth-order valence-corrected chi connectivity index (χ4v) is 4.26. The third-order valence-electron chi connectivity index (χ3n) is 5.18. The molecule has 1 aliphatic rings. The van der Waals surface area contributed by atoms with E-state index in [9.17, 15) is 23.1 Å². The van der Waals surface area contributed by atoms with E-state index >= 15 is 0 Å². The summed E-state index contributed by atoms with van der Waals surface area (Å²) in [6, 6.07) is 9.90. The Kier molecular flexibility index (Phi) is 6.26. The summed E-state index contributed by atoms with van der Waals surface area (Å²) in [7, 11) is -3.42. The minimum absolute atomic E-state index is 0.0545. The van der Waals surface area contributed by atoms with Crippen LogP contribution in [0.2, 0.25) is 0 Å². The summed E-state index contributed by atoms with van der Waals surface area (Å²) in [6.45, 7) is 1.54. The van der Waals surface area contributed by atoms with E-state index in [1.54, 1.807) is 30.3 Å². The summed E-state index contributed by atoms with van der Waals surface area (Å²) in [6.07, 6.45) is 2.72. The second-order valence-electron chi connectivity index (χ2n) is 7.07. The number of aromatic nitrogens is 2. The Morgan fingerprint density at radius 1 is 1.10 bits per heavy atom. The molecule has 0 aliphatic heterocycles. The van der Waals surface area contributed by atoms with Gasteiger partial charge >= 0.3 is 5.97 Å². The zero-order valence-electron chi connectivity index (χ0n) is 16.0. The lowest BCUT2D eigenvalue weighted by atomic mass is 9.78. The molecule has 9 heteroatoms. The molecule has 8 nitrogen and oxygen atoms in total. The van der Waals surface area contributed by atoms with Crippen LogP contribution in [-0.2, 0) is 19.4 Å². The van der Waals surface area contributed by atoms with Gasteiger partial charge in [-0.15, -0.1) is 10.2 Å². The largest absolute Gasteiger partial charge is 0.481 e. The second-order valence-corrected chi connectivity index (χ2v) is 9.29. The van der Waals surface area contributed by atoms with Crippen molar-refractivity contribution >= 4 is 27.4 Å². The van der Waals surface area contributed by atoms with Crippen LogP contribution < -0.4 is 5.32 Å². The Bertz CT molecular complexity index is 1010. The Balaban J connectivity index is 1.77. The number of nitrogens with one attached hydrogen (secondary N) is 1. The fourth-order valence-electron chi connectivity index (χ4n) is 3.52. The Labute approximate surface area is 169 Å². The van der Waals surface area contributed by atoms with E-state index in [-0.39, 0.29) is 16.7 Å². The van der Waals surface area contributed by atoms with Crippen molar-refractivity contribution in [3.8, 4) is 11.3 Å². The number of rotatable bonds is 6. The lowest BCUT2D eigenvalue weighted by Gasteiger charge is -2.27. The third-order valence-corrected chi connectivity index (χ3v) is 6.80. The van der Waals surface area contributed by atoms with Crippen LogP contribution in [0.3, 0.4) is 0 Å². The molecule has 2 N–H and O–H groups in total. The van der Waals surface area contributed by atoms with Crippen LogP contribution in [0.15, 0.2) is 41.4 Å². The minimum Gasteiger partial charge on any atom is -0.481 e. The maximum Gasteiger partial charge on any atom is 0.307 e. The number of benzene rings is 1. The monoisotopic (exact) mass is 417 g/mol. The molecule has 0 spiro atoms. The van der Waals surface area contributed by atoms with Crippen molar-refractivity contribution in [1.29, 1.82) is 0 Å². The molecule has 1 aromatic carbocycles. The van der Waals surface area contributed by atoms with E-state index in [0.717, 1.165) is 12.8 Å². The number of amides is 1. The molecular weight excluding hydrogens is 394 g/mol. The first kappa shape index (κ1) is 20.9. The van der Waals surface area contributed by atoms with Crippen LogP contribution in [0.1, 0.15) is 32.6 Å². The van der Waals surface area contributed by atoms with Crippen molar-refractivity contribution in [2.24, 2.45) is 11.8 Å². The quantitative estimate of drug-likeness (QED) is 0.740. The van der Waals surface area contributed by atoms with Gasteiger partial charge in [0, 0.05) is 11.3 Å². The topological polar surface area (TPSA) is 126 Å². The molecule has 1 heterocycles. The van der Waals surface area contributed by atoms with Crippen molar-refractivity contribution in [2.45, 2.75) is 37.6 Å². The zero-order valence-corrected chi connectivity index (χ0v) is 16.9. The molecule has 2 atom stereocenters.